The summed E-state index contributed by atoms with van der Waals surface area (Å²) in [6.07, 6.45) is 3.91. The van der Waals surface area contributed by atoms with Crippen molar-refractivity contribution in [3.63, 3.8) is 0 Å². The van der Waals surface area contributed by atoms with Gasteiger partial charge in [-0.05, 0) is 43.3 Å². The van der Waals surface area contributed by atoms with E-state index < -0.39 is 28.5 Å². The Morgan fingerprint density at radius 1 is 1.20 bits per heavy atom. The third kappa shape index (κ3) is 4.24. The highest BCUT2D eigenvalue weighted by atomic mass is 32.2. The standard InChI is InChI=1S/C29H30FN5O4S/c1-17-26(34(2)33-32-17)20-14-22-25(31-16-20)24-23(40(4,36)37)15-21(30)29(38-3)28(24)35(22)27(18-8-6-5-7-9-18)19-10-12-39-13-11-19/h5-9,14-16,19,27H,10-13H2,1-4H3/t27-/m1/s1/i1D3. The molecule has 0 unspecified atom stereocenters. The van der Waals surface area contributed by atoms with Crippen LogP contribution in [0.2, 0.25) is 0 Å². The van der Waals surface area contributed by atoms with Gasteiger partial charge in [-0.2, -0.15) is 0 Å². The highest BCUT2D eigenvalue weighted by molar-refractivity contribution is 7.91. The maximum Gasteiger partial charge on any atom is 0.179 e. The van der Waals surface area contributed by atoms with Crippen LogP contribution in [0.15, 0.2) is 53.6 Å². The lowest BCUT2D eigenvalue weighted by atomic mass is 9.86. The summed E-state index contributed by atoms with van der Waals surface area (Å²) in [7, 11) is -0.992. The lowest BCUT2D eigenvalue weighted by molar-refractivity contribution is 0.0552. The van der Waals surface area contributed by atoms with Gasteiger partial charge in [0, 0.05) is 47.8 Å². The summed E-state index contributed by atoms with van der Waals surface area (Å²) in [5, 5.41) is 8.09. The van der Waals surface area contributed by atoms with Crippen molar-refractivity contribution in [3.8, 4) is 17.0 Å². The lowest BCUT2D eigenvalue weighted by Crippen LogP contribution is -2.27. The molecule has 0 amide bonds. The van der Waals surface area contributed by atoms with Gasteiger partial charge < -0.3 is 14.0 Å². The van der Waals surface area contributed by atoms with E-state index in [2.05, 4.69) is 10.3 Å². The molecule has 0 bridgehead atoms. The van der Waals surface area contributed by atoms with Crippen molar-refractivity contribution in [3.05, 3.63) is 65.7 Å². The average Bonchev–Trinajstić information content (AvgIpc) is 3.52. The zero-order valence-corrected chi connectivity index (χ0v) is 23.1. The zero-order valence-electron chi connectivity index (χ0n) is 25.3. The maximum absolute atomic E-state index is 15.7. The van der Waals surface area contributed by atoms with Crippen molar-refractivity contribution >= 4 is 31.8 Å². The molecule has 6 rings (SSSR count). The second-order valence-corrected chi connectivity index (χ2v) is 12.0. The van der Waals surface area contributed by atoms with Crippen LogP contribution in [0, 0.1) is 18.6 Å². The van der Waals surface area contributed by atoms with Crippen molar-refractivity contribution < 1.29 is 26.4 Å². The van der Waals surface area contributed by atoms with Crippen LogP contribution in [0.25, 0.3) is 33.2 Å². The van der Waals surface area contributed by atoms with Gasteiger partial charge in [-0.1, -0.05) is 35.5 Å². The molecular formula is C29H30FN5O4S. The highest BCUT2D eigenvalue weighted by Gasteiger charge is 2.34. The first-order valence-electron chi connectivity index (χ1n) is 14.3. The van der Waals surface area contributed by atoms with E-state index in [1.54, 1.807) is 13.1 Å². The van der Waals surface area contributed by atoms with E-state index in [1.165, 1.54) is 18.0 Å². The van der Waals surface area contributed by atoms with Gasteiger partial charge in [0.25, 0.3) is 0 Å². The fourth-order valence-electron chi connectivity index (χ4n) is 5.90. The Bertz CT molecular complexity index is 1950. The molecule has 5 aromatic rings. The summed E-state index contributed by atoms with van der Waals surface area (Å²) in [6.45, 7) is -1.47. The number of hydrogen-bond donors (Lipinski definition) is 0. The number of methoxy groups -OCH3 is 1. The fourth-order valence-corrected chi connectivity index (χ4v) is 6.79. The largest absolute Gasteiger partial charge is 0.492 e. The van der Waals surface area contributed by atoms with Crippen LogP contribution in [0.4, 0.5) is 4.39 Å². The Hall–Kier alpha value is -3.83. The smallest absolute Gasteiger partial charge is 0.179 e. The first-order chi connectivity index (χ1) is 20.4. The number of nitrogens with zero attached hydrogens (tertiary/aromatic N) is 5. The molecule has 3 aromatic heterocycles. The van der Waals surface area contributed by atoms with Crippen molar-refractivity contribution in [2.75, 3.05) is 26.6 Å². The van der Waals surface area contributed by atoms with Gasteiger partial charge in [0.2, 0.25) is 0 Å². The van der Waals surface area contributed by atoms with E-state index >= 15 is 4.39 Å². The van der Waals surface area contributed by atoms with Crippen LogP contribution >= 0.6 is 0 Å². The lowest BCUT2D eigenvalue weighted by Gasteiger charge is -2.33. The number of aromatic nitrogens is 5. The predicted molar refractivity (Wildman–Crippen MR) is 150 cm³/mol. The number of aryl methyl sites for hydroxylation is 2. The van der Waals surface area contributed by atoms with Gasteiger partial charge in [0.15, 0.2) is 21.4 Å². The summed E-state index contributed by atoms with van der Waals surface area (Å²) in [6, 6.07) is 12.0. The molecule has 0 saturated carbocycles. The second-order valence-electron chi connectivity index (χ2n) is 10.1. The van der Waals surface area contributed by atoms with Crippen molar-refractivity contribution in [2.24, 2.45) is 13.0 Å². The average molecular weight is 567 g/mol. The summed E-state index contributed by atoms with van der Waals surface area (Å²) >= 11 is 0. The maximum atomic E-state index is 15.7. The molecule has 40 heavy (non-hydrogen) atoms. The molecule has 1 aliphatic rings. The van der Waals surface area contributed by atoms with E-state index in [-0.39, 0.29) is 38.9 Å². The number of fused-ring (bicyclic) bond motifs is 3. The molecular weight excluding hydrogens is 533 g/mol. The SMILES string of the molecule is [2H]C([2H])([2H])c1nnn(C)c1-c1cnc2c3c(S(C)(=O)=O)cc(F)c(OC)c3n([C@H](c3ccccc3)C3CCOCC3)c2c1. The summed E-state index contributed by atoms with van der Waals surface area (Å²) in [4.78, 5) is 4.50. The van der Waals surface area contributed by atoms with Crippen LogP contribution in [0.5, 0.6) is 5.75 Å². The monoisotopic (exact) mass is 566 g/mol. The number of hydrogen-bond acceptors (Lipinski definition) is 7. The Labute approximate surface area is 235 Å². The topological polar surface area (TPSA) is 101 Å². The minimum absolute atomic E-state index is 0.0320. The van der Waals surface area contributed by atoms with Gasteiger partial charge in [0.05, 0.1) is 46.0 Å². The Morgan fingerprint density at radius 2 is 1.95 bits per heavy atom. The van der Waals surface area contributed by atoms with Crippen LogP contribution in [-0.4, -0.2) is 59.5 Å². The van der Waals surface area contributed by atoms with E-state index in [1.807, 2.05) is 34.9 Å². The number of halogens is 1. The molecule has 4 heterocycles. The molecule has 0 radical (unpaired) electrons. The second kappa shape index (κ2) is 9.97. The van der Waals surface area contributed by atoms with Crippen LogP contribution < -0.4 is 4.74 Å². The first-order valence-corrected chi connectivity index (χ1v) is 14.7. The number of benzene rings is 2. The van der Waals surface area contributed by atoms with Crippen LogP contribution in [-0.2, 0) is 21.6 Å². The molecule has 2 aromatic carbocycles. The minimum Gasteiger partial charge on any atom is -0.492 e. The fraction of sp³-hybridized carbons (Fsp3) is 0.345. The molecule has 0 N–H and O–H groups in total. The highest BCUT2D eigenvalue weighted by Crippen LogP contribution is 2.46. The third-order valence-electron chi connectivity index (χ3n) is 7.61. The Balaban J connectivity index is 1.80. The molecule has 9 nitrogen and oxygen atoms in total. The van der Waals surface area contributed by atoms with Gasteiger partial charge in [-0.3, -0.25) is 4.98 Å². The van der Waals surface area contributed by atoms with Crippen LogP contribution in [0.1, 0.15) is 34.3 Å². The van der Waals surface area contributed by atoms with E-state index in [9.17, 15) is 8.42 Å². The summed E-state index contributed by atoms with van der Waals surface area (Å²) < 4.78 is 80.5. The number of rotatable bonds is 6. The van der Waals surface area contributed by atoms with Gasteiger partial charge >= 0.3 is 0 Å². The van der Waals surface area contributed by atoms with Crippen LogP contribution in [0.3, 0.4) is 0 Å². The Morgan fingerprint density at radius 3 is 2.62 bits per heavy atom. The van der Waals surface area contributed by atoms with E-state index in [0.29, 0.717) is 42.7 Å². The molecule has 11 heteroatoms. The molecule has 1 fully saturated rings. The van der Waals surface area contributed by atoms with Gasteiger partial charge in [0.1, 0.15) is 0 Å². The summed E-state index contributed by atoms with van der Waals surface area (Å²) in [5.74, 6) is -0.899. The minimum atomic E-state index is -3.92. The predicted octanol–water partition coefficient (Wildman–Crippen LogP) is 4.86. The van der Waals surface area contributed by atoms with Gasteiger partial charge in [-0.15, -0.1) is 5.10 Å². The first kappa shape index (κ1) is 22.9. The Kier molecular flexibility index (Phi) is 5.72. The number of pyridine rings is 1. The molecule has 1 aliphatic heterocycles. The molecule has 1 saturated heterocycles. The molecule has 0 aliphatic carbocycles. The molecule has 1 atom stereocenters. The molecule has 0 spiro atoms. The van der Waals surface area contributed by atoms with Gasteiger partial charge in [-0.25, -0.2) is 17.5 Å². The summed E-state index contributed by atoms with van der Waals surface area (Å²) in [5.41, 5.74) is 2.45. The number of ether oxygens (including phenoxy) is 2. The quantitative estimate of drug-likeness (QED) is 0.289. The zero-order chi connectivity index (χ0) is 30.7. The van der Waals surface area contributed by atoms with E-state index in [0.717, 1.165) is 17.9 Å². The van der Waals surface area contributed by atoms with Crippen molar-refractivity contribution in [2.45, 2.75) is 30.6 Å². The normalized spacial score (nSPS) is 17.1. The number of sulfone groups is 1. The molecule has 208 valence electrons. The van der Waals surface area contributed by atoms with Crippen molar-refractivity contribution in [1.82, 2.24) is 24.5 Å². The van der Waals surface area contributed by atoms with Crippen molar-refractivity contribution in [1.29, 1.82) is 0 Å². The third-order valence-corrected chi connectivity index (χ3v) is 8.73. The van der Waals surface area contributed by atoms with E-state index in [4.69, 9.17) is 18.6 Å².